The van der Waals surface area contributed by atoms with Crippen LogP contribution in [0.1, 0.15) is 40.0 Å². The number of oxime groups is 1. The molecule has 0 aromatic carbocycles. The van der Waals surface area contributed by atoms with E-state index in [0.29, 0.717) is 37.6 Å². The molecule has 140 valence electrons. The van der Waals surface area contributed by atoms with Crippen molar-refractivity contribution in [3.05, 3.63) is 0 Å². The van der Waals surface area contributed by atoms with E-state index in [9.17, 15) is 19.8 Å². The minimum Gasteiger partial charge on any atom is -0.396 e. The molecule has 6 atom stereocenters. The molecule has 25 heavy (non-hydrogen) atoms. The van der Waals surface area contributed by atoms with Crippen molar-refractivity contribution in [1.82, 2.24) is 4.90 Å². The Morgan fingerprint density at radius 1 is 1.20 bits per heavy atom. The first kappa shape index (κ1) is 18.3. The summed E-state index contributed by atoms with van der Waals surface area (Å²) in [7, 11) is 0. The molecule has 0 aromatic rings. The van der Waals surface area contributed by atoms with Gasteiger partial charge in [0, 0.05) is 24.8 Å². The highest BCUT2D eigenvalue weighted by Gasteiger charge is 2.59. The number of aliphatic hydroxyl groups is 2. The number of imide groups is 1. The Bertz CT molecular complexity index is 576. The van der Waals surface area contributed by atoms with Crippen molar-refractivity contribution in [1.29, 1.82) is 0 Å². The summed E-state index contributed by atoms with van der Waals surface area (Å²) < 4.78 is 0. The Hall–Kier alpha value is -1.47. The van der Waals surface area contributed by atoms with Gasteiger partial charge in [0.2, 0.25) is 11.8 Å². The van der Waals surface area contributed by atoms with E-state index in [1.807, 2.05) is 13.8 Å². The van der Waals surface area contributed by atoms with Crippen LogP contribution in [0, 0.1) is 29.6 Å². The first-order valence-corrected chi connectivity index (χ1v) is 9.26. The second kappa shape index (κ2) is 7.03. The van der Waals surface area contributed by atoms with E-state index in [0.717, 1.165) is 0 Å². The summed E-state index contributed by atoms with van der Waals surface area (Å²) >= 11 is 0. The molecule has 1 aliphatic heterocycles. The number of nitrogens with zero attached hydrogens (tertiary/aromatic N) is 2. The molecular formula is C18H28N2O5. The van der Waals surface area contributed by atoms with Crippen molar-refractivity contribution in [2.24, 2.45) is 34.7 Å². The van der Waals surface area contributed by atoms with E-state index < -0.39 is 24.0 Å². The fourth-order valence-corrected chi connectivity index (χ4v) is 4.62. The maximum absolute atomic E-state index is 12.7. The number of rotatable bonds is 4. The first-order chi connectivity index (χ1) is 11.9. The number of carbonyl (C=O) groups is 2. The topological polar surface area (TPSA) is 99.4 Å². The van der Waals surface area contributed by atoms with Gasteiger partial charge in [0.05, 0.1) is 29.8 Å². The molecule has 3 rings (SSSR count). The van der Waals surface area contributed by atoms with Gasteiger partial charge >= 0.3 is 0 Å². The third-order valence-electron chi connectivity index (χ3n) is 5.78. The summed E-state index contributed by atoms with van der Waals surface area (Å²) in [5, 5.41) is 25.1. The largest absolute Gasteiger partial charge is 0.396 e. The molecule has 0 bridgehead atoms. The van der Waals surface area contributed by atoms with Crippen molar-refractivity contribution in [3.8, 4) is 0 Å². The van der Waals surface area contributed by atoms with Crippen molar-refractivity contribution in [3.63, 3.8) is 0 Å². The Morgan fingerprint density at radius 2 is 1.88 bits per heavy atom. The summed E-state index contributed by atoms with van der Waals surface area (Å²) in [5.74, 6) is -1.57. The zero-order valence-electron chi connectivity index (χ0n) is 15.1. The van der Waals surface area contributed by atoms with E-state index in [1.54, 1.807) is 6.92 Å². The van der Waals surface area contributed by atoms with Gasteiger partial charge < -0.3 is 15.1 Å². The number of amides is 2. The molecule has 7 heteroatoms. The van der Waals surface area contributed by atoms with E-state index in [1.165, 1.54) is 4.90 Å². The van der Waals surface area contributed by atoms with E-state index in [4.69, 9.17) is 4.84 Å². The van der Waals surface area contributed by atoms with Crippen LogP contribution in [0.3, 0.4) is 0 Å². The first-order valence-electron chi connectivity index (χ1n) is 9.26. The highest BCUT2D eigenvalue weighted by Crippen LogP contribution is 2.49. The lowest BCUT2D eigenvalue weighted by Crippen LogP contribution is -2.54. The average Bonchev–Trinajstić information content (AvgIpc) is 2.82. The van der Waals surface area contributed by atoms with Gasteiger partial charge in [0.15, 0.2) is 0 Å². The summed E-state index contributed by atoms with van der Waals surface area (Å²) in [6.07, 6.45) is -0.470. The maximum Gasteiger partial charge on any atom is 0.233 e. The van der Waals surface area contributed by atoms with Gasteiger partial charge in [-0.2, -0.15) is 0 Å². The van der Waals surface area contributed by atoms with E-state index in [-0.39, 0.29) is 30.1 Å². The molecular weight excluding hydrogens is 324 g/mol. The average molecular weight is 352 g/mol. The van der Waals surface area contributed by atoms with Crippen molar-refractivity contribution >= 4 is 17.5 Å². The lowest BCUT2D eigenvalue weighted by Gasteiger charge is -2.45. The molecule has 3 fully saturated rings. The van der Waals surface area contributed by atoms with Crippen LogP contribution < -0.4 is 0 Å². The van der Waals surface area contributed by atoms with Gasteiger partial charge in [-0.25, -0.2) is 0 Å². The summed E-state index contributed by atoms with van der Waals surface area (Å²) in [4.78, 5) is 31.9. The van der Waals surface area contributed by atoms with Crippen LogP contribution in [0.5, 0.6) is 0 Å². The molecule has 2 amide bonds. The zero-order valence-corrected chi connectivity index (χ0v) is 15.1. The molecule has 0 radical (unpaired) electrons. The Kier molecular flexibility index (Phi) is 5.16. The summed E-state index contributed by atoms with van der Waals surface area (Å²) in [5.41, 5.74) is 0.706. The number of likely N-dealkylation sites (tertiary alicyclic amines) is 1. The third kappa shape index (κ3) is 3.08. The number of hydrogen-bond acceptors (Lipinski definition) is 6. The molecule has 1 saturated heterocycles. The third-order valence-corrected chi connectivity index (χ3v) is 5.78. The Labute approximate surface area is 148 Å². The van der Waals surface area contributed by atoms with Crippen LogP contribution in [0.25, 0.3) is 0 Å². The molecule has 2 saturated carbocycles. The van der Waals surface area contributed by atoms with Gasteiger partial charge in [-0.05, 0) is 25.7 Å². The number of aliphatic hydroxyl groups excluding tert-OH is 2. The van der Waals surface area contributed by atoms with Crippen molar-refractivity contribution in [2.45, 2.75) is 52.2 Å². The van der Waals surface area contributed by atoms with E-state index >= 15 is 0 Å². The van der Waals surface area contributed by atoms with Crippen LogP contribution in [-0.4, -0.2) is 58.0 Å². The van der Waals surface area contributed by atoms with Crippen LogP contribution in [0.2, 0.25) is 0 Å². The van der Waals surface area contributed by atoms with Crippen LogP contribution in [0.15, 0.2) is 5.16 Å². The number of carbonyl (C=O) groups excluding carboxylic acids is 2. The van der Waals surface area contributed by atoms with Crippen LogP contribution in [0.4, 0.5) is 0 Å². The minimum atomic E-state index is -1.02. The SMILES string of the molecule is CCN1C(=O)[C@H]2[C@H]3[C@H](O)[C@H](O)CC(=NOCC(C)C)[C@@H]3CC[C@H]2C1=O. The summed E-state index contributed by atoms with van der Waals surface area (Å²) in [6, 6.07) is 0. The molecule has 2 N–H and O–H groups in total. The maximum atomic E-state index is 12.7. The Balaban J connectivity index is 1.88. The molecule has 0 unspecified atom stereocenters. The number of hydrogen-bond donors (Lipinski definition) is 2. The molecule has 7 nitrogen and oxygen atoms in total. The highest BCUT2D eigenvalue weighted by atomic mass is 16.6. The highest BCUT2D eigenvalue weighted by molar-refractivity contribution is 6.06. The molecule has 1 heterocycles. The van der Waals surface area contributed by atoms with E-state index in [2.05, 4.69) is 5.16 Å². The molecule has 0 spiro atoms. The lowest BCUT2D eigenvalue weighted by molar-refractivity contribution is -0.141. The normalized spacial score (nSPS) is 39.8. The molecule has 0 aromatic heterocycles. The monoisotopic (exact) mass is 352 g/mol. The van der Waals surface area contributed by atoms with Gasteiger partial charge in [-0.3, -0.25) is 14.5 Å². The molecule has 3 aliphatic rings. The van der Waals surface area contributed by atoms with Gasteiger partial charge in [-0.1, -0.05) is 19.0 Å². The van der Waals surface area contributed by atoms with Gasteiger partial charge in [0.1, 0.15) is 6.61 Å². The second-order valence-electron chi connectivity index (χ2n) is 7.85. The Morgan fingerprint density at radius 3 is 2.52 bits per heavy atom. The molecule has 2 aliphatic carbocycles. The fraction of sp³-hybridized carbons (Fsp3) is 0.833. The van der Waals surface area contributed by atoms with Gasteiger partial charge in [0.25, 0.3) is 0 Å². The smallest absolute Gasteiger partial charge is 0.233 e. The predicted octanol–water partition coefficient (Wildman–Crippen LogP) is 0.788. The fourth-order valence-electron chi connectivity index (χ4n) is 4.62. The quantitative estimate of drug-likeness (QED) is 0.576. The predicted molar refractivity (Wildman–Crippen MR) is 90.4 cm³/mol. The standard InChI is InChI=1S/C18H28N2O5/c1-4-20-17(23)11-6-5-10-12(19-25-8-9(2)3)7-13(21)16(22)14(10)15(11)18(20)24/h9-11,13-16,21-22H,4-8H2,1-3H3/t10-,11+,13+,14-,15+,16+/m0/s1. The van der Waals surface area contributed by atoms with Crippen LogP contribution in [-0.2, 0) is 14.4 Å². The number of fused-ring (bicyclic) bond motifs is 3. The second-order valence-corrected chi connectivity index (χ2v) is 7.85. The zero-order chi connectivity index (χ0) is 18.3. The lowest BCUT2D eigenvalue weighted by atomic mass is 9.60. The van der Waals surface area contributed by atoms with Crippen molar-refractivity contribution in [2.75, 3.05) is 13.2 Å². The van der Waals surface area contributed by atoms with Crippen LogP contribution >= 0.6 is 0 Å². The van der Waals surface area contributed by atoms with Crippen molar-refractivity contribution < 1.29 is 24.6 Å². The summed E-state index contributed by atoms with van der Waals surface area (Å²) in [6.45, 7) is 6.65. The minimum absolute atomic E-state index is 0.125. The van der Waals surface area contributed by atoms with Gasteiger partial charge in [-0.15, -0.1) is 0 Å².